The fourth-order valence-corrected chi connectivity index (χ4v) is 4.02. The average Bonchev–Trinajstić information content (AvgIpc) is 2.99. The van der Waals surface area contributed by atoms with Crippen LogP contribution in [-0.4, -0.2) is 50.2 Å². The molecular formula is C18H21NO3. The van der Waals surface area contributed by atoms with Gasteiger partial charge < -0.3 is 19.5 Å². The highest BCUT2D eigenvalue weighted by molar-refractivity contribution is 5.62. The second kappa shape index (κ2) is 4.06. The maximum atomic E-state index is 9.35. The van der Waals surface area contributed by atoms with E-state index in [1.165, 1.54) is 6.08 Å². The monoisotopic (exact) mass is 313 g/mol. The second-order valence-electron chi connectivity index (χ2n) is 5.78. The van der Waals surface area contributed by atoms with Crippen LogP contribution in [0.5, 0.6) is 11.5 Å². The number of ether oxygens (including phenoxy) is 2. The van der Waals surface area contributed by atoms with Gasteiger partial charge in [-0.3, -0.25) is 0 Å². The summed E-state index contributed by atoms with van der Waals surface area (Å²) in [6, 6.07) is -4.43. The Morgan fingerprint density at radius 1 is 1.64 bits per heavy atom. The lowest BCUT2D eigenvalue weighted by Gasteiger charge is -2.56. The van der Waals surface area contributed by atoms with E-state index in [1.807, 2.05) is 0 Å². The molecular weight excluding hydrogens is 278 g/mol. The average molecular weight is 313 g/mol. The van der Waals surface area contributed by atoms with Crippen LogP contribution in [0.1, 0.15) is 35.4 Å². The molecule has 1 aromatic rings. The summed E-state index contributed by atoms with van der Waals surface area (Å²) >= 11 is 0. The van der Waals surface area contributed by atoms with Crippen molar-refractivity contribution in [1.82, 2.24) is 4.90 Å². The first-order valence-electron chi connectivity index (χ1n) is 13.8. The normalized spacial score (nSPS) is 63.7. The summed E-state index contributed by atoms with van der Waals surface area (Å²) in [6.45, 7) is -3.42. The van der Waals surface area contributed by atoms with Gasteiger partial charge in [-0.25, -0.2) is 0 Å². The predicted octanol–water partition coefficient (Wildman–Crippen LogP) is 1.50. The van der Waals surface area contributed by atoms with E-state index in [0.29, 0.717) is 4.90 Å². The van der Waals surface area contributed by atoms with Crippen molar-refractivity contribution < 1.29 is 32.4 Å². The van der Waals surface area contributed by atoms with Gasteiger partial charge in [0.25, 0.3) is 0 Å². The minimum absolute atomic E-state index is 0.237. The fourth-order valence-electron chi connectivity index (χ4n) is 4.02. The van der Waals surface area contributed by atoms with Crippen molar-refractivity contribution in [3.8, 4) is 11.5 Å². The van der Waals surface area contributed by atoms with Crippen molar-refractivity contribution in [3.63, 3.8) is 0 Å². The largest absolute Gasteiger partial charge is 0.493 e. The van der Waals surface area contributed by atoms with Crippen LogP contribution in [0.15, 0.2) is 24.2 Å². The highest BCUT2D eigenvalue weighted by Crippen LogP contribution is 2.62. The molecule has 2 bridgehead atoms. The van der Waals surface area contributed by atoms with Crippen molar-refractivity contribution in [2.75, 3.05) is 20.6 Å². The molecule has 5 atom stereocenters. The lowest BCUT2D eigenvalue weighted by molar-refractivity contribution is -0.0453. The van der Waals surface area contributed by atoms with Crippen LogP contribution >= 0.6 is 0 Å². The third-order valence-corrected chi connectivity index (χ3v) is 4.90. The summed E-state index contributed by atoms with van der Waals surface area (Å²) in [5, 5.41) is 4.60. The Labute approximate surface area is 150 Å². The highest BCUT2D eigenvalue weighted by atomic mass is 16.5. The van der Waals surface area contributed by atoms with Crippen molar-refractivity contribution in [2.45, 2.75) is 36.4 Å². The quantitative estimate of drug-likeness (QED) is 0.840. The minimum Gasteiger partial charge on any atom is -0.493 e. The van der Waals surface area contributed by atoms with Gasteiger partial charge in [0, 0.05) is 31.1 Å². The van der Waals surface area contributed by atoms with Gasteiger partial charge in [-0.1, -0.05) is 18.2 Å². The van der Waals surface area contributed by atoms with Gasteiger partial charge in [0.05, 0.1) is 16.6 Å². The molecule has 0 aromatic heterocycles. The first kappa shape index (κ1) is 5.25. The molecule has 0 amide bonds. The number of benzene rings is 1. The van der Waals surface area contributed by atoms with Crippen molar-refractivity contribution >= 4 is 0 Å². The van der Waals surface area contributed by atoms with E-state index in [4.69, 9.17) is 26.0 Å². The molecule has 2 unspecified atom stereocenters. The lowest BCUT2D eigenvalue weighted by Crippen LogP contribution is -2.64. The van der Waals surface area contributed by atoms with Gasteiger partial charge in [0.15, 0.2) is 11.5 Å². The van der Waals surface area contributed by atoms with E-state index in [2.05, 4.69) is 5.11 Å². The zero-order valence-electron chi connectivity index (χ0n) is 25.3. The molecule has 1 aromatic carbocycles. The van der Waals surface area contributed by atoms with Crippen molar-refractivity contribution in [1.29, 1.82) is 1.43 Å². The van der Waals surface area contributed by atoms with Crippen LogP contribution in [0.2, 0.25) is 0 Å². The molecule has 4 aliphatic rings. The molecule has 22 heavy (non-hydrogen) atoms. The predicted molar refractivity (Wildman–Crippen MR) is 82.5 cm³/mol. The van der Waals surface area contributed by atoms with E-state index in [0.717, 1.165) is 6.08 Å². The fraction of sp³-hybridized carbons (Fsp3) is 0.556. The number of methoxy groups -OCH3 is 1. The Morgan fingerprint density at radius 2 is 2.64 bits per heavy atom. The molecule has 2 aliphatic carbocycles. The van der Waals surface area contributed by atoms with E-state index in [-0.39, 0.29) is 12.0 Å². The smallest absolute Gasteiger partial charge is 0.211 e. The first-order chi connectivity index (χ1) is 16.2. The van der Waals surface area contributed by atoms with E-state index in [1.54, 1.807) is 0 Å². The Hall–Kier alpha value is -1.52. The lowest BCUT2D eigenvalue weighted by atomic mass is 9.53. The summed E-state index contributed by atoms with van der Waals surface area (Å²) in [5.74, 6) is -2.80. The number of aliphatic hydroxyl groups is 1. The Bertz CT molecular complexity index is 1200. The molecule has 2 aliphatic heterocycles. The zero-order chi connectivity index (χ0) is 27.1. The van der Waals surface area contributed by atoms with Gasteiger partial charge in [-0.2, -0.15) is 0 Å². The molecule has 0 radical (unpaired) electrons. The standard InChI is InChI=1S/C18H21NO3/c1-19-8-7-18-11-4-5-13(20)17(18)22-16-14(21-2)6-3-10(15(16)18)9-12(11)19/h3-6,11-13,17,20H,7-9H2,1-2H3/t11-,12+,13?,17?,18-/m0/s1/i1D3,2D3,3D,6D,9D2,12D,13D,17D,20D. The number of hydrogen-bond donors (Lipinski definition) is 1. The maximum Gasteiger partial charge on any atom is 0.211 e. The number of hydrogen-bond acceptors (Lipinski definition) is 4. The number of likely N-dealkylation sites (tertiary alicyclic amines) is 1. The van der Waals surface area contributed by atoms with Crippen LogP contribution in [0.3, 0.4) is 0 Å². The second-order valence-corrected chi connectivity index (χ2v) is 5.78. The van der Waals surface area contributed by atoms with E-state index < -0.39 is 85.6 Å². The number of piperidine rings is 1. The molecule has 1 N–H and O–H groups in total. The van der Waals surface area contributed by atoms with Gasteiger partial charge in [-0.15, -0.1) is 0 Å². The molecule has 5 rings (SSSR count). The zero-order valence-corrected chi connectivity index (χ0v) is 11.3. The molecule has 1 saturated heterocycles. The van der Waals surface area contributed by atoms with Gasteiger partial charge in [-0.05, 0) is 37.9 Å². The van der Waals surface area contributed by atoms with Gasteiger partial charge >= 0.3 is 0 Å². The molecule has 4 nitrogen and oxygen atoms in total. The van der Waals surface area contributed by atoms with E-state index >= 15 is 0 Å². The van der Waals surface area contributed by atoms with Crippen LogP contribution in [0, 0.1) is 5.92 Å². The van der Waals surface area contributed by atoms with Crippen molar-refractivity contribution in [3.05, 3.63) is 35.4 Å². The molecule has 1 fully saturated rings. The molecule has 4 heteroatoms. The Morgan fingerprint density at radius 3 is 3.50 bits per heavy atom. The third-order valence-electron chi connectivity index (χ3n) is 4.90. The van der Waals surface area contributed by atoms with Crippen molar-refractivity contribution in [2.24, 2.45) is 5.92 Å². The summed E-state index contributed by atoms with van der Waals surface area (Å²) < 4.78 is 127. The summed E-state index contributed by atoms with van der Waals surface area (Å²) in [6.07, 6.45) is -6.41. The van der Waals surface area contributed by atoms with Gasteiger partial charge in [0.2, 0.25) is 1.43 Å². The summed E-state index contributed by atoms with van der Waals surface area (Å²) in [5.41, 5.74) is -2.77. The molecule has 0 saturated carbocycles. The number of likely N-dealkylation sites (N-methyl/N-ethyl adjacent to an activating group) is 1. The topological polar surface area (TPSA) is 41.9 Å². The number of nitrogens with zero attached hydrogens (tertiary/aromatic N) is 1. The minimum atomic E-state index is -3.13. The molecule has 116 valence electrons. The molecule has 2 heterocycles. The highest BCUT2D eigenvalue weighted by Gasteiger charge is 2.64. The Balaban J connectivity index is 1.98. The van der Waals surface area contributed by atoms with Crippen LogP contribution in [0.25, 0.3) is 0 Å². The van der Waals surface area contributed by atoms with Crippen LogP contribution in [0.4, 0.5) is 0 Å². The summed E-state index contributed by atoms with van der Waals surface area (Å²) in [7, 11) is -3.13. The number of rotatable bonds is 2. The molecule has 1 spiro atoms. The maximum absolute atomic E-state index is 9.35. The van der Waals surface area contributed by atoms with Crippen LogP contribution in [-0.2, 0) is 11.8 Å². The van der Waals surface area contributed by atoms with Gasteiger partial charge in [0.1, 0.15) is 12.2 Å². The third kappa shape index (κ3) is 1.28. The SMILES string of the molecule is [2H]OC1([2H])C=C[C@@H]2[C@@]34CCN(C([2H])([2H])[2H])[C@]2([2H])C([2H])([2H])c2c([2H])c([2H])c(OC([2H])([2H])[2H])c(c23)OC14[2H]. The van der Waals surface area contributed by atoms with Crippen LogP contribution < -0.4 is 9.47 Å². The first-order valence-corrected chi connectivity index (χ1v) is 6.92. The summed E-state index contributed by atoms with van der Waals surface area (Å²) in [4.78, 5) is 0.663. The Kier molecular flexibility index (Phi) is 0.969. The van der Waals surface area contributed by atoms with E-state index in [9.17, 15) is 2.74 Å².